The lowest BCUT2D eigenvalue weighted by atomic mass is 10.0. The Labute approximate surface area is 195 Å². The summed E-state index contributed by atoms with van der Waals surface area (Å²) < 4.78 is 5.33. The van der Waals surface area contributed by atoms with Crippen molar-refractivity contribution in [1.29, 1.82) is 0 Å². The summed E-state index contributed by atoms with van der Waals surface area (Å²) in [7, 11) is 0. The van der Waals surface area contributed by atoms with E-state index < -0.39 is 23.8 Å². The topological polar surface area (TPSA) is 150 Å². The number of aliphatic hydroxyl groups excluding tert-OH is 1. The molecular formula is C24H24N4O6. The fourth-order valence-corrected chi connectivity index (χ4v) is 3.03. The lowest BCUT2D eigenvalue weighted by Gasteiger charge is -2.16. The van der Waals surface area contributed by atoms with Crippen LogP contribution in [0.25, 0.3) is 11.1 Å². The van der Waals surface area contributed by atoms with Gasteiger partial charge in [0.2, 0.25) is 0 Å². The van der Waals surface area contributed by atoms with Crippen molar-refractivity contribution in [3.8, 4) is 16.9 Å². The molecule has 0 saturated heterocycles. The Bertz CT molecular complexity index is 1100. The number of pyridine rings is 1. The molecule has 0 fully saturated rings. The number of nitrogens with zero attached hydrogens (tertiary/aromatic N) is 1. The molecular weight excluding hydrogens is 440 g/mol. The van der Waals surface area contributed by atoms with Crippen LogP contribution in [0.4, 0.5) is 0 Å². The molecule has 34 heavy (non-hydrogen) atoms. The highest BCUT2D eigenvalue weighted by molar-refractivity contribution is 6.08. The van der Waals surface area contributed by atoms with E-state index in [0.29, 0.717) is 11.4 Å². The molecule has 1 aromatic heterocycles. The first-order valence-electron chi connectivity index (χ1n) is 10.4. The van der Waals surface area contributed by atoms with Crippen molar-refractivity contribution >= 4 is 17.7 Å². The third-order valence-electron chi connectivity index (χ3n) is 4.77. The van der Waals surface area contributed by atoms with Gasteiger partial charge < -0.3 is 20.5 Å². The Hall–Kier alpha value is -4.28. The van der Waals surface area contributed by atoms with Gasteiger partial charge in [0.25, 0.3) is 17.7 Å². The fraction of sp³-hybridized carbons (Fsp3) is 0.167. The van der Waals surface area contributed by atoms with E-state index in [4.69, 9.17) is 15.1 Å². The molecule has 10 nitrogen and oxygen atoms in total. The second-order valence-electron chi connectivity index (χ2n) is 7.10. The molecule has 0 aliphatic carbocycles. The molecule has 10 heteroatoms. The molecule has 0 saturated carbocycles. The molecule has 0 bridgehead atoms. The highest BCUT2D eigenvalue weighted by Crippen LogP contribution is 2.23. The van der Waals surface area contributed by atoms with E-state index in [1.165, 1.54) is 5.48 Å². The van der Waals surface area contributed by atoms with Crippen molar-refractivity contribution < 1.29 is 29.4 Å². The number of aliphatic hydroxyl groups is 1. The highest BCUT2D eigenvalue weighted by atomic mass is 16.5. The summed E-state index contributed by atoms with van der Waals surface area (Å²) in [5.41, 5.74) is 3.90. The second kappa shape index (κ2) is 12.1. The van der Waals surface area contributed by atoms with Crippen LogP contribution in [-0.4, -0.2) is 52.3 Å². The van der Waals surface area contributed by atoms with Gasteiger partial charge in [-0.2, -0.15) is 0 Å². The summed E-state index contributed by atoms with van der Waals surface area (Å²) >= 11 is 0. The van der Waals surface area contributed by atoms with E-state index in [-0.39, 0.29) is 25.3 Å². The number of amides is 3. The minimum Gasteiger partial charge on any atom is -0.491 e. The smallest absolute Gasteiger partial charge is 0.275 e. The minimum absolute atomic E-state index is 0.0449. The van der Waals surface area contributed by atoms with Crippen molar-refractivity contribution in [2.45, 2.75) is 12.6 Å². The van der Waals surface area contributed by atoms with Gasteiger partial charge >= 0.3 is 0 Å². The summed E-state index contributed by atoms with van der Waals surface area (Å²) in [6.45, 7) is 0.181. The predicted molar refractivity (Wildman–Crippen MR) is 122 cm³/mol. The van der Waals surface area contributed by atoms with E-state index in [1.807, 2.05) is 12.1 Å². The molecule has 0 spiro atoms. The Balaban J connectivity index is 1.64. The number of aromatic nitrogens is 1. The van der Waals surface area contributed by atoms with Gasteiger partial charge in [-0.05, 0) is 47.5 Å². The van der Waals surface area contributed by atoms with Crippen LogP contribution in [-0.2, 0) is 16.1 Å². The zero-order valence-corrected chi connectivity index (χ0v) is 18.1. The SMILES string of the molecule is O=C(NC(C(=O)NO)C(=O)NCc1ccccn1)c1ccc(-c2ccc(OCCO)cc2)cc1. The van der Waals surface area contributed by atoms with Gasteiger partial charge in [0.05, 0.1) is 18.8 Å². The summed E-state index contributed by atoms with van der Waals surface area (Å²) in [5.74, 6) is -1.91. The Morgan fingerprint density at radius 3 is 2.18 bits per heavy atom. The van der Waals surface area contributed by atoms with Gasteiger partial charge in [0.15, 0.2) is 6.04 Å². The number of carbonyl (C=O) groups is 3. The molecule has 176 valence electrons. The highest BCUT2D eigenvalue weighted by Gasteiger charge is 2.28. The van der Waals surface area contributed by atoms with E-state index in [0.717, 1.165) is 11.1 Å². The van der Waals surface area contributed by atoms with Crippen LogP contribution >= 0.6 is 0 Å². The lowest BCUT2D eigenvalue weighted by molar-refractivity contribution is -0.137. The number of hydroxylamine groups is 1. The molecule has 1 atom stereocenters. The number of nitrogens with one attached hydrogen (secondary N) is 3. The molecule has 0 aliphatic heterocycles. The van der Waals surface area contributed by atoms with Crippen molar-refractivity contribution in [3.05, 3.63) is 84.2 Å². The fourth-order valence-electron chi connectivity index (χ4n) is 3.03. The zero-order valence-electron chi connectivity index (χ0n) is 18.1. The summed E-state index contributed by atoms with van der Waals surface area (Å²) in [5, 5.41) is 22.6. The summed E-state index contributed by atoms with van der Waals surface area (Å²) in [4.78, 5) is 41.2. The quantitative estimate of drug-likeness (QED) is 0.171. The van der Waals surface area contributed by atoms with E-state index in [1.54, 1.807) is 60.8 Å². The number of carbonyl (C=O) groups excluding carboxylic acids is 3. The molecule has 0 radical (unpaired) electrons. The normalized spacial score (nSPS) is 11.2. The standard InChI is InChI=1S/C24H24N4O6/c29-13-14-34-20-10-8-17(9-11-20)16-4-6-18(7-5-16)22(30)27-21(24(32)28-33)23(31)26-15-19-3-1-2-12-25-19/h1-12,21,29,33H,13-15H2,(H,26,31)(H,27,30)(H,28,32). The van der Waals surface area contributed by atoms with Gasteiger partial charge in [-0.25, -0.2) is 5.48 Å². The first-order valence-corrected chi connectivity index (χ1v) is 10.4. The predicted octanol–water partition coefficient (Wildman–Crippen LogP) is 1.04. The first-order chi connectivity index (χ1) is 16.5. The molecule has 3 rings (SSSR count). The monoisotopic (exact) mass is 464 g/mol. The number of ether oxygens (including phenoxy) is 1. The van der Waals surface area contributed by atoms with Crippen molar-refractivity contribution in [1.82, 2.24) is 21.1 Å². The number of hydrogen-bond acceptors (Lipinski definition) is 7. The summed E-state index contributed by atoms with van der Waals surface area (Å²) in [6.07, 6.45) is 1.56. The van der Waals surface area contributed by atoms with Crippen LogP contribution in [0.1, 0.15) is 16.1 Å². The molecule has 1 unspecified atom stereocenters. The summed E-state index contributed by atoms with van der Waals surface area (Å²) in [6, 6.07) is 17.3. The van der Waals surface area contributed by atoms with Crippen LogP contribution in [0.5, 0.6) is 5.75 Å². The third kappa shape index (κ3) is 6.61. The van der Waals surface area contributed by atoms with E-state index in [9.17, 15) is 14.4 Å². The van der Waals surface area contributed by atoms with Crippen molar-refractivity contribution in [2.24, 2.45) is 0 Å². The molecule has 2 aromatic carbocycles. The Morgan fingerprint density at radius 2 is 1.59 bits per heavy atom. The molecule has 3 amide bonds. The van der Waals surface area contributed by atoms with Crippen LogP contribution < -0.4 is 20.9 Å². The maximum absolute atomic E-state index is 12.6. The van der Waals surface area contributed by atoms with Gasteiger partial charge in [0.1, 0.15) is 12.4 Å². The van der Waals surface area contributed by atoms with Gasteiger partial charge in [0, 0.05) is 11.8 Å². The minimum atomic E-state index is -1.65. The Kier molecular flexibility index (Phi) is 8.67. The van der Waals surface area contributed by atoms with E-state index >= 15 is 0 Å². The molecule has 0 aliphatic rings. The van der Waals surface area contributed by atoms with E-state index in [2.05, 4.69) is 15.6 Å². The van der Waals surface area contributed by atoms with Crippen LogP contribution in [0.15, 0.2) is 72.9 Å². The number of hydrogen-bond donors (Lipinski definition) is 5. The lowest BCUT2D eigenvalue weighted by Crippen LogP contribution is -2.54. The number of benzene rings is 2. The molecule has 5 N–H and O–H groups in total. The average Bonchev–Trinajstić information content (AvgIpc) is 2.89. The first kappa shape index (κ1) is 24.4. The Morgan fingerprint density at radius 1 is 0.912 bits per heavy atom. The van der Waals surface area contributed by atoms with Crippen LogP contribution in [0.3, 0.4) is 0 Å². The van der Waals surface area contributed by atoms with Crippen LogP contribution in [0, 0.1) is 0 Å². The van der Waals surface area contributed by atoms with Gasteiger partial charge in [-0.15, -0.1) is 0 Å². The van der Waals surface area contributed by atoms with Crippen molar-refractivity contribution in [3.63, 3.8) is 0 Å². The average molecular weight is 464 g/mol. The second-order valence-corrected chi connectivity index (χ2v) is 7.10. The van der Waals surface area contributed by atoms with Gasteiger partial charge in [-0.1, -0.05) is 30.3 Å². The number of rotatable bonds is 10. The maximum atomic E-state index is 12.6. The molecule has 3 aromatic rings. The van der Waals surface area contributed by atoms with Crippen molar-refractivity contribution in [2.75, 3.05) is 13.2 Å². The van der Waals surface area contributed by atoms with Crippen LogP contribution in [0.2, 0.25) is 0 Å². The zero-order chi connectivity index (χ0) is 24.3. The largest absolute Gasteiger partial charge is 0.491 e. The maximum Gasteiger partial charge on any atom is 0.275 e. The third-order valence-corrected chi connectivity index (χ3v) is 4.77. The molecule has 1 heterocycles. The van der Waals surface area contributed by atoms with Gasteiger partial charge in [-0.3, -0.25) is 24.6 Å².